The minimum atomic E-state index is -3.91. The molecule has 2 N–H and O–H groups in total. The summed E-state index contributed by atoms with van der Waals surface area (Å²) in [6.45, 7) is 7.31. The Bertz CT molecular complexity index is 1520. The Balaban J connectivity index is 1.64. The topological polar surface area (TPSA) is 118 Å². The van der Waals surface area contributed by atoms with Gasteiger partial charge in [-0.25, -0.2) is 13.4 Å². The molecule has 9 heteroatoms. The van der Waals surface area contributed by atoms with Gasteiger partial charge < -0.3 is 9.51 Å². The number of aromatic nitrogens is 3. The molecule has 35 heavy (non-hydrogen) atoms. The maximum absolute atomic E-state index is 13.2. The van der Waals surface area contributed by atoms with Crippen molar-refractivity contribution in [2.45, 2.75) is 51.9 Å². The van der Waals surface area contributed by atoms with Gasteiger partial charge in [-0.1, -0.05) is 61.0 Å². The second-order valence-corrected chi connectivity index (χ2v) is 10.2. The summed E-state index contributed by atoms with van der Waals surface area (Å²) in [4.78, 5) is 20.0. The molecule has 0 aliphatic rings. The van der Waals surface area contributed by atoms with Crippen molar-refractivity contribution in [3.63, 3.8) is 0 Å². The first kappa shape index (κ1) is 24.4. The van der Waals surface area contributed by atoms with Crippen LogP contribution >= 0.6 is 0 Å². The predicted octanol–water partition coefficient (Wildman–Crippen LogP) is 4.69. The number of hydrogen-bond donors (Lipinski definition) is 2. The van der Waals surface area contributed by atoms with E-state index in [9.17, 15) is 13.2 Å². The van der Waals surface area contributed by atoms with Crippen molar-refractivity contribution < 1.29 is 12.9 Å². The number of benzene rings is 2. The fourth-order valence-electron chi connectivity index (χ4n) is 3.94. The highest BCUT2D eigenvalue weighted by Crippen LogP contribution is 2.30. The van der Waals surface area contributed by atoms with Crippen LogP contribution in [0.15, 0.2) is 62.7 Å². The van der Waals surface area contributed by atoms with Gasteiger partial charge in [-0.2, -0.15) is 0 Å². The van der Waals surface area contributed by atoms with Crippen molar-refractivity contribution in [2.75, 3.05) is 4.72 Å². The number of sulfonamides is 1. The van der Waals surface area contributed by atoms with E-state index in [1.54, 1.807) is 45.0 Å². The first-order chi connectivity index (χ1) is 16.7. The van der Waals surface area contributed by atoms with Crippen LogP contribution in [-0.4, -0.2) is 23.5 Å². The van der Waals surface area contributed by atoms with E-state index in [1.807, 2.05) is 24.3 Å². The van der Waals surface area contributed by atoms with E-state index < -0.39 is 10.0 Å². The zero-order valence-electron chi connectivity index (χ0n) is 20.2. The molecule has 8 nitrogen and oxygen atoms in total. The largest absolute Gasteiger partial charge is 0.359 e. The molecule has 182 valence electrons. The molecule has 0 bridgehead atoms. The lowest BCUT2D eigenvalue weighted by molar-refractivity contribution is 0.399. The van der Waals surface area contributed by atoms with Gasteiger partial charge in [0.05, 0.1) is 10.6 Å². The lowest BCUT2D eigenvalue weighted by Gasteiger charge is -2.12. The van der Waals surface area contributed by atoms with Crippen LogP contribution in [0.4, 0.5) is 5.82 Å². The normalized spacial score (nSPS) is 11.5. The number of nitrogens with zero attached hydrogens (tertiary/aromatic N) is 2. The number of H-pyrrole nitrogens is 1. The van der Waals surface area contributed by atoms with Crippen LogP contribution in [0.1, 0.15) is 47.3 Å². The van der Waals surface area contributed by atoms with Crippen molar-refractivity contribution >= 4 is 15.8 Å². The second kappa shape index (κ2) is 9.87. The summed E-state index contributed by atoms with van der Waals surface area (Å²) < 4.78 is 34.0. The zero-order chi connectivity index (χ0) is 25.2. The fraction of sp³-hybridized carbons (Fsp3) is 0.269. The van der Waals surface area contributed by atoms with Crippen LogP contribution in [0.5, 0.6) is 0 Å². The van der Waals surface area contributed by atoms with Crippen LogP contribution in [0.2, 0.25) is 0 Å². The van der Waals surface area contributed by atoms with Gasteiger partial charge in [0.25, 0.3) is 15.6 Å². The number of rotatable bonds is 8. The summed E-state index contributed by atoms with van der Waals surface area (Å²) in [5, 5.41) is 3.81. The first-order valence-corrected chi connectivity index (χ1v) is 12.9. The van der Waals surface area contributed by atoms with Gasteiger partial charge in [0.1, 0.15) is 11.6 Å². The summed E-state index contributed by atoms with van der Waals surface area (Å²) in [5.74, 6) is 1.34. The molecule has 4 aromatic rings. The molecular weight excluding hydrogens is 464 g/mol. The highest BCUT2D eigenvalue weighted by molar-refractivity contribution is 7.92. The second-order valence-electron chi connectivity index (χ2n) is 8.51. The minimum Gasteiger partial charge on any atom is -0.359 e. The summed E-state index contributed by atoms with van der Waals surface area (Å²) >= 11 is 0. The third-order valence-electron chi connectivity index (χ3n) is 5.92. The van der Waals surface area contributed by atoms with Gasteiger partial charge in [-0.05, 0) is 44.4 Å². The molecule has 0 fully saturated rings. The van der Waals surface area contributed by atoms with Crippen molar-refractivity contribution in [3.05, 3.63) is 92.9 Å². The number of nitrogens with one attached hydrogen (secondary N) is 2. The van der Waals surface area contributed by atoms with E-state index in [0.717, 1.165) is 29.7 Å². The van der Waals surface area contributed by atoms with E-state index in [0.29, 0.717) is 34.7 Å². The monoisotopic (exact) mass is 492 g/mol. The maximum Gasteiger partial charge on any atom is 0.263 e. The highest BCUT2D eigenvalue weighted by Gasteiger charge is 2.22. The van der Waals surface area contributed by atoms with Crippen LogP contribution in [0, 0.1) is 20.8 Å². The van der Waals surface area contributed by atoms with E-state index in [2.05, 4.69) is 26.8 Å². The smallest absolute Gasteiger partial charge is 0.263 e. The van der Waals surface area contributed by atoms with E-state index >= 15 is 0 Å². The molecule has 0 unspecified atom stereocenters. The van der Waals surface area contributed by atoms with E-state index in [4.69, 9.17) is 4.52 Å². The molecular formula is C26H28N4O4S. The average Bonchev–Trinajstić information content (AvgIpc) is 3.13. The summed E-state index contributed by atoms with van der Waals surface area (Å²) in [7, 11) is -3.91. The summed E-state index contributed by atoms with van der Waals surface area (Å²) in [6.07, 6.45) is 2.08. The Kier molecular flexibility index (Phi) is 6.88. The lowest BCUT2D eigenvalue weighted by atomic mass is 9.99. The molecule has 0 radical (unpaired) electrons. The lowest BCUT2D eigenvalue weighted by Crippen LogP contribution is -2.19. The van der Waals surface area contributed by atoms with Gasteiger partial charge in [0, 0.05) is 23.1 Å². The summed E-state index contributed by atoms with van der Waals surface area (Å²) in [6, 6.07) is 14.3. The van der Waals surface area contributed by atoms with Gasteiger partial charge in [-0.3, -0.25) is 9.52 Å². The molecule has 0 aliphatic heterocycles. The molecule has 2 heterocycles. The number of aryl methyl sites for hydroxylation is 3. The molecule has 0 amide bonds. The molecule has 4 rings (SSSR count). The standard InChI is InChI=1S/C26H28N4O4S/c1-5-8-23-22(26(31)28-18(4)27-23)15-19-11-13-20(14-12-19)21-9-6-7-10-24(21)35(32,33)30-25-16(2)17(3)34-29-25/h6-7,9-14H,5,8,15H2,1-4H3,(H,29,30)(H,27,28,31). The van der Waals surface area contributed by atoms with E-state index in [1.165, 1.54) is 0 Å². The Labute approximate surface area is 204 Å². The fourth-order valence-corrected chi connectivity index (χ4v) is 5.22. The molecule has 2 aromatic heterocycles. The Morgan fingerprint density at radius 1 is 1.03 bits per heavy atom. The minimum absolute atomic E-state index is 0.120. The number of aromatic amines is 1. The molecule has 0 atom stereocenters. The van der Waals surface area contributed by atoms with E-state index in [-0.39, 0.29) is 16.3 Å². The van der Waals surface area contributed by atoms with Crippen LogP contribution in [-0.2, 0) is 22.9 Å². The molecule has 0 saturated heterocycles. The van der Waals surface area contributed by atoms with Crippen molar-refractivity contribution in [1.82, 2.24) is 15.1 Å². The van der Waals surface area contributed by atoms with Crippen molar-refractivity contribution in [1.29, 1.82) is 0 Å². The third-order valence-corrected chi connectivity index (χ3v) is 7.31. The van der Waals surface area contributed by atoms with Gasteiger partial charge in [-0.15, -0.1) is 0 Å². The predicted molar refractivity (Wildman–Crippen MR) is 135 cm³/mol. The quantitative estimate of drug-likeness (QED) is 0.368. The van der Waals surface area contributed by atoms with Gasteiger partial charge in [0.15, 0.2) is 5.82 Å². The number of anilines is 1. The Hall–Kier alpha value is -3.72. The van der Waals surface area contributed by atoms with Gasteiger partial charge in [0.2, 0.25) is 0 Å². The first-order valence-electron chi connectivity index (χ1n) is 11.4. The highest BCUT2D eigenvalue weighted by atomic mass is 32.2. The van der Waals surface area contributed by atoms with Gasteiger partial charge >= 0.3 is 0 Å². The SMILES string of the molecule is CCCc1nc(C)[nH]c(=O)c1Cc1ccc(-c2ccccc2S(=O)(=O)Nc2noc(C)c2C)cc1. The third kappa shape index (κ3) is 5.19. The summed E-state index contributed by atoms with van der Waals surface area (Å²) in [5.41, 5.74) is 4.24. The molecule has 0 aliphatic carbocycles. The maximum atomic E-state index is 13.2. The Morgan fingerprint density at radius 3 is 2.40 bits per heavy atom. The van der Waals surface area contributed by atoms with Crippen LogP contribution in [0.3, 0.4) is 0 Å². The average molecular weight is 493 g/mol. The zero-order valence-corrected chi connectivity index (χ0v) is 21.0. The Morgan fingerprint density at radius 2 is 1.74 bits per heavy atom. The molecule has 0 spiro atoms. The molecule has 0 saturated carbocycles. The van der Waals surface area contributed by atoms with Crippen LogP contribution in [0.25, 0.3) is 11.1 Å². The van der Waals surface area contributed by atoms with Crippen molar-refractivity contribution in [3.8, 4) is 11.1 Å². The van der Waals surface area contributed by atoms with Crippen LogP contribution < -0.4 is 10.3 Å². The number of hydrogen-bond acceptors (Lipinski definition) is 6. The van der Waals surface area contributed by atoms with Crippen molar-refractivity contribution in [2.24, 2.45) is 0 Å². The molecule has 2 aromatic carbocycles.